The van der Waals surface area contributed by atoms with E-state index in [9.17, 15) is 19.2 Å². The van der Waals surface area contributed by atoms with E-state index >= 15 is 0 Å². The summed E-state index contributed by atoms with van der Waals surface area (Å²) < 4.78 is 10.2. The van der Waals surface area contributed by atoms with Crippen molar-refractivity contribution in [2.24, 2.45) is 0 Å². The zero-order chi connectivity index (χ0) is 23.9. The summed E-state index contributed by atoms with van der Waals surface area (Å²) in [4.78, 5) is 52.1. The summed E-state index contributed by atoms with van der Waals surface area (Å²) in [5.41, 5.74) is 2.05. The molecule has 4 amide bonds. The number of amides is 4. The van der Waals surface area contributed by atoms with Gasteiger partial charge in [0.1, 0.15) is 13.2 Å². The normalized spacial score (nSPS) is 19.8. The van der Waals surface area contributed by atoms with Gasteiger partial charge in [0.2, 0.25) is 11.8 Å². The lowest BCUT2D eigenvalue weighted by Crippen LogP contribution is -2.40. The smallest absolute Gasteiger partial charge is 0.416 e. The Labute approximate surface area is 198 Å². The lowest BCUT2D eigenvalue weighted by Gasteiger charge is -2.20. The van der Waals surface area contributed by atoms with E-state index < -0.39 is 12.2 Å². The number of ether oxygens (including phenoxy) is 2. The largest absolute Gasteiger partial charge is 0.447 e. The highest BCUT2D eigenvalue weighted by Gasteiger charge is 2.38. The van der Waals surface area contributed by atoms with Crippen LogP contribution in [0.2, 0.25) is 0 Å². The van der Waals surface area contributed by atoms with Gasteiger partial charge in [-0.3, -0.25) is 9.59 Å². The molecule has 0 bridgehead atoms. The van der Waals surface area contributed by atoms with Crippen molar-refractivity contribution >= 4 is 24.0 Å². The fourth-order valence-corrected chi connectivity index (χ4v) is 4.40. The van der Waals surface area contributed by atoms with Crippen LogP contribution in [0.5, 0.6) is 0 Å². The van der Waals surface area contributed by atoms with Gasteiger partial charge in [0.15, 0.2) is 0 Å². The highest BCUT2D eigenvalue weighted by molar-refractivity contribution is 5.94. The molecule has 2 fully saturated rings. The SMILES string of the molecule is O=C(CCCCC(=O)N1C(=O)OCC1Cc1ccccc1)N1C(=O)OCC1Cc1ccccc1. The maximum absolute atomic E-state index is 12.7. The van der Waals surface area contributed by atoms with Crippen LogP contribution in [-0.2, 0) is 31.9 Å². The van der Waals surface area contributed by atoms with Crippen LogP contribution in [0.1, 0.15) is 36.8 Å². The summed E-state index contributed by atoms with van der Waals surface area (Å²) in [5, 5.41) is 0. The monoisotopic (exact) mass is 464 g/mol. The molecule has 2 saturated heterocycles. The van der Waals surface area contributed by atoms with Gasteiger partial charge in [0.05, 0.1) is 12.1 Å². The minimum atomic E-state index is -0.620. The molecule has 2 aromatic rings. The fourth-order valence-electron chi connectivity index (χ4n) is 4.40. The fraction of sp³-hybridized carbons (Fsp3) is 0.385. The number of unbranched alkanes of at least 4 members (excludes halogenated alkanes) is 1. The van der Waals surface area contributed by atoms with Gasteiger partial charge in [-0.05, 0) is 36.8 Å². The molecule has 2 heterocycles. The Morgan fingerprint density at radius 1 is 0.676 bits per heavy atom. The van der Waals surface area contributed by atoms with Crippen molar-refractivity contribution in [2.45, 2.75) is 50.6 Å². The topological polar surface area (TPSA) is 93.2 Å². The van der Waals surface area contributed by atoms with E-state index in [-0.39, 0.29) is 50.0 Å². The molecule has 0 spiro atoms. The van der Waals surface area contributed by atoms with Gasteiger partial charge in [-0.15, -0.1) is 0 Å². The van der Waals surface area contributed by atoms with E-state index in [4.69, 9.17) is 9.47 Å². The Hall–Kier alpha value is -3.68. The van der Waals surface area contributed by atoms with Crippen molar-refractivity contribution in [3.63, 3.8) is 0 Å². The van der Waals surface area contributed by atoms with Gasteiger partial charge < -0.3 is 9.47 Å². The summed E-state index contributed by atoms with van der Waals surface area (Å²) in [6, 6.07) is 18.6. The Balaban J connectivity index is 1.25. The standard InChI is InChI=1S/C26H28N2O6/c29-23(27-21(17-33-25(27)31)15-19-9-3-1-4-10-19)13-7-8-14-24(30)28-22(18-34-26(28)32)16-20-11-5-2-6-12-20/h1-6,9-12,21-22H,7-8,13-18H2. The number of cyclic esters (lactones) is 2. The zero-order valence-corrected chi connectivity index (χ0v) is 18.9. The van der Waals surface area contributed by atoms with E-state index in [0.29, 0.717) is 25.7 Å². The van der Waals surface area contributed by atoms with Gasteiger partial charge in [0, 0.05) is 12.8 Å². The zero-order valence-electron chi connectivity index (χ0n) is 18.9. The predicted octanol–water partition coefficient (Wildman–Crippen LogP) is 3.73. The second-order valence-electron chi connectivity index (χ2n) is 8.58. The molecule has 0 N–H and O–H groups in total. The first-order valence-electron chi connectivity index (χ1n) is 11.6. The van der Waals surface area contributed by atoms with Crippen LogP contribution in [0.25, 0.3) is 0 Å². The number of carbonyl (C=O) groups excluding carboxylic acids is 4. The second-order valence-corrected chi connectivity index (χ2v) is 8.58. The molecule has 2 aromatic carbocycles. The molecule has 0 aromatic heterocycles. The summed E-state index contributed by atoms with van der Waals surface area (Å²) >= 11 is 0. The van der Waals surface area contributed by atoms with Crippen LogP contribution in [0.15, 0.2) is 60.7 Å². The second kappa shape index (κ2) is 11.0. The summed E-state index contributed by atoms with van der Waals surface area (Å²) in [6.07, 6.45) is 0.957. The predicted molar refractivity (Wildman–Crippen MR) is 123 cm³/mol. The molecule has 2 atom stereocenters. The number of carbonyl (C=O) groups is 4. The molecule has 0 radical (unpaired) electrons. The number of rotatable bonds is 9. The average molecular weight is 465 g/mol. The highest BCUT2D eigenvalue weighted by atomic mass is 16.6. The van der Waals surface area contributed by atoms with Gasteiger partial charge in [-0.1, -0.05) is 60.7 Å². The van der Waals surface area contributed by atoms with Crippen LogP contribution in [0.3, 0.4) is 0 Å². The van der Waals surface area contributed by atoms with Crippen molar-refractivity contribution in [3.05, 3.63) is 71.8 Å². The van der Waals surface area contributed by atoms with Crippen LogP contribution < -0.4 is 0 Å². The average Bonchev–Trinajstić information content (AvgIpc) is 3.39. The number of nitrogens with zero attached hydrogens (tertiary/aromatic N) is 2. The quantitative estimate of drug-likeness (QED) is 0.525. The van der Waals surface area contributed by atoms with Crippen LogP contribution >= 0.6 is 0 Å². The Morgan fingerprint density at radius 2 is 1.06 bits per heavy atom. The molecule has 8 nitrogen and oxygen atoms in total. The summed E-state index contributed by atoms with van der Waals surface area (Å²) in [6.45, 7) is 0.357. The van der Waals surface area contributed by atoms with Gasteiger partial charge in [-0.25, -0.2) is 19.4 Å². The molecule has 0 saturated carbocycles. The lowest BCUT2D eigenvalue weighted by atomic mass is 10.0. The Morgan fingerprint density at radius 3 is 1.44 bits per heavy atom. The van der Waals surface area contributed by atoms with Crippen molar-refractivity contribution in [3.8, 4) is 0 Å². The van der Waals surface area contributed by atoms with E-state index in [2.05, 4.69) is 0 Å². The van der Waals surface area contributed by atoms with Crippen LogP contribution in [-0.4, -0.2) is 59.1 Å². The van der Waals surface area contributed by atoms with Gasteiger partial charge in [0.25, 0.3) is 0 Å². The molecule has 178 valence electrons. The maximum atomic E-state index is 12.7. The molecule has 0 aliphatic carbocycles. The molecule has 2 aliphatic heterocycles. The maximum Gasteiger partial charge on any atom is 0.416 e. The molecule has 8 heteroatoms. The first-order chi connectivity index (χ1) is 16.5. The first-order valence-corrected chi connectivity index (χ1v) is 11.6. The third kappa shape index (κ3) is 5.62. The first kappa shape index (κ1) is 23.5. The Kier molecular flexibility index (Phi) is 7.57. The molecule has 4 rings (SSSR count). The number of hydrogen-bond acceptors (Lipinski definition) is 6. The number of imide groups is 2. The summed E-state index contributed by atoms with van der Waals surface area (Å²) in [7, 11) is 0. The van der Waals surface area contributed by atoms with Crippen LogP contribution in [0.4, 0.5) is 9.59 Å². The number of benzene rings is 2. The third-order valence-corrected chi connectivity index (χ3v) is 6.12. The molecular formula is C26H28N2O6. The van der Waals surface area contributed by atoms with Crippen molar-refractivity contribution in [1.82, 2.24) is 9.80 Å². The van der Waals surface area contributed by atoms with E-state index in [0.717, 1.165) is 11.1 Å². The van der Waals surface area contributed by atoms with E-state index in [1.54, 1.807) is 0 Å². The minimum absolute atomic E-state index is 0.131. The number of hydrogen-bond donors (Lipinski definition) is 0. The lowest BCUT2D eigenvalue weighted by molar-refractivity contribution is -0.131. The molecular weight excluding hydrogens is 436 g/mol. The summed E-state index contributed by atoms with van der Waals surface area (Å²) in [5.74, 6) is -0.614. The third-order valence-electron chi connectivity index (χ3n) is 6.12. The van der Waals surface area contributed by atoms with Crippen LogP contribution in [0, 0.1) is 0 Å². The minimum Gasteiger partial charge on any atom is -0.447 e. The van der Waals surface area contributed by atoms with Gasteiger partial charge in [-0.2, -0.15) is 0 Å². The van der Waals surface area contributed by atoms with Gasteiger partial charge >= 0.3 is 12.2 Å². The highest BCUT2D eigenvalue weighted by Crippen LogP contribution is 2.21. The molecule has 34 heavy (non-hydrogen) atoms. The van der Waals surface area contributed by atoms with E-state index in [1.807, 2.05) is 60.7 Å². The molecule has 2 aliphatic rings. The van der Waals surface area contributed by atoms with Crippen molar-refractivity contribution in [2.75, 3.05) is 13.2 Å². The Bertz CT molecular complexity index is 943. The van der Waals surface area contributed by atoms with E-state index in [1.165, 1.54) is 9.80 Å². The molecule has 2 unspecified atom stereocenters. The van der Waals surface area contributed by atoms with Crippen molar-refractivity contribution in [1.29, 1.82) is 0 Å². The van der Waals surface area contributed by atoms with Crippen molar-refractivity contribution < 1.29 is 28.7 Å².